The minimum Gasteiger partial charge on any atom is -0.370 e. The summed E-state index contributed by atoms with van der Waals surface area (Å²) in [5.41, 5.74) is 11.7. The molecule has 10 nitrogen and oxygen atoms in total. The second kappa shape index (κ2) is 13.3. The third-order valence-corrected chi connectivity index (χ3v) is 11.4. The van der Waals surface area contributed by atoms with E-state index in [1.165, 1.54) is 23.5 Å². The molecule has 2 aromatic heterocycles. The van der Waals surface area contributed by atoms with Crippen LogP contribution in [0.5, 0.6) is 0 Å². The number of pyridine rings is 1. The lowest BCUT2D eigenvalue weighted by Gasteiger charge is -2.44. The van der Waals surface area contributed by atoms with Gasteiger partial charge in [0.1, 0.15) is 11.7 Å². The molecule has 4 heterocycles. The molecule has 4 aromatic rings. The van der Waals surface area contributed by atoms with Gasteiger partial charge in [0.15, 0.2) is 11.0 Å². The highest BCUT2D eigenvalue weighted by Crippen LogP contribution is 2.48. The number of piperidine rings is 1. The highest BCUT2D eigenvalue weighted by molar-refractivity contribution is 8.00. The van der Waals surface area contributed by atoms with Crippen LogP contribution in [0.15, 0.2) is 59.6 Å². The van der Waals surface area contributed by atoms with Crippen molar-refractivity contribution in [3.63, 3.8) is 0 Å². The third kappa shape index (κ3) is 6.97. The van der Waals surface area contributed by atoms with E-state index < -0.39 is 40.6 Å². The molecule has 0 radical (unpaired) electrons. The maximum absolute atomic E-state index is 14.0. The molecule has 2 amide bonds. The molecule has 2 saturated heterocycles. The van der Waals surface area contributed by atoms with Gasteiger partial charge in [-0.1, -0.05) is 24.3 Å². The minimum absolute atomic E-state index is 0.0653. The SMILES string of the molecule is CC12CCC(Cc3ccc4nc(C(F)(F)F)ccc4c3)C(=O)N1C(C(=O)NC(CCCN=C(N)N)C(=O)c1nc3ccccc3s1)CS2. The van der Waals surface area contributed by atoms with Gasteiger partial charge >= 0.3 is 6.18 Å². The lowest BCUT2D eigenvalue weighted by Crippen LogP contribution is -2.59. The van der Waals surface area contributed by atoms with Crippen LogP contribution in [0.3, 0.4) is 0 Å². The van der Waals surface area contributed by atoms with Crippen LogP contribution in [0.1, 0.15) is 53.7 Å². The first-order valence-electron chi connectivity index (χ1n) is 15.5. The van der Waals surface area contributed by atoms with E-state index >= 15 is 0 Å². The summed E-state index contributed by atoms with van der Waals surface area (Å²) in [4.78, 5) is 55.0. The standard InChI is InChI=1S/C33H34F3N7O3S2/c1-32-13-12-20(16-18-8-10-21-19(15-18)9-11-26(40-21)33(34,35)36)30(46)43(32)24(17-47-32)28(45)41-23(6-4-14-39-31(37)38)27(44)29-42-22-5-2-3-7-25(22)48-29/h2-3,5,7-11,15,20,23-24H,4,6,12-14,16-17H2,1H3,(H,41,45)(H4,37,38,39). The number of hydrogen-bond acceptors (Lipinski definition) is 8. The number of aromatic nitrogens is 2. The summed E-state index contributed by atoms with van der Waals surface area (Å²) in [5, 5.41) is 3.76. The number of fused-ring (bicyclic) bond motifs is 3. The quantitative estimate of drug-likeness (QED) is 0.0915. The number of guanidine groups is 1. The molecular formula is C33H34F3N7O3S2. The van der Waals surface area contributed by atoms with Gasteiger partial charge in [-0.05, 0) is 74.9 Å². The molecular weight excluding hydrogens is 664 g/mol. The van der Waals surface area contributed by atoms with Crippen LogP contribution in [-0.2, 0) is 22.2 Å². The second-order valence-electron chi connectivity index (χ2n) is 12.2. The number of alkyl halides is 3. The number of nitrogens with two attached hydrogens (primary N) is 2. The summed E-state index contributed by atoms with van der Waals surface area (Å²) < 4.78 is 40.2. The molecule has 2 aliphatic heterocycles. The van der Waals surface area contributed by atoms with Crippen LogP contribution >= 0.6 is 23.1 Å². The van der Waals surface area contributed by atoms with Crippen LogP contribution < -0.4 is 16.8 Å². The van der Waals surface area contributed by atoms with Gasteiger partial charge < -0.3 is 21.7 Å². The molecule has 252 valence electrons. The molecule has 2 aromatic carbocycles. The molecule has 0 bridgehead atoms. The van der Waals surface area contributed by atoms with Gasteiger partial charge in [0.2, 0.25) is 17.6 Å². The first-order chi connectivity index (χ1) is 22.8. The van der Waals surface area contributed by atoms with Gasteiger partial charge in [-0.3, -0.25) is 19.4 Å². The molecule has 0 aliphatic carbocycles. The predicted molar refractivity (Wildman–Crippen MR) is 180 cm³/mol. The van der Waals surface area contributed by atoms with E-state index in [-0.39, 0.29) is 41.1 Å². The normalized spacial score (nSPS) is 21.7. The molecule has 4 unspecified atom stereocenters. The fourth-order valence-corrected chi connectivity index (χ4v) is 8.76. The number of hydrogen-bond donors (Lipinski definition) is 3. The zero-order chi connectivity index (χ0) is 34.2. The van der Waals surface area contributed by atoms with Gasteiger partial charge in [-0.15, -0.1) is 23.1 Å². The summed E-state index contributed by atoms with van der Waals surface area (Å²) in [6.45, 7) is 2.23. The Morgan fingerprint density at radius 1 is 1.12 bits per heavy atom. The summed E-state index contributed by atoms with van der Waals surface area (Å²) in [6, 6.07) is 13.0. The van der Waals surface area contributed by atoms with Crippen molar-refractivity contribution >= 4 is 67.8 Å². The van der Waals surface area contributed by atoms with Crippen molar-refractivity contribution < 1.29 is 27.6 Å². The molecule has 15 heteroatoms. The van der Waals surface area contributed by atoms with Crippen LogP contribution in [0.25, 0.3) is 21.1 Å². The predicted octanol–water partition coefficient (Wildman–Crippen LogP) is 4.90. The number of benzene rings is 2. The zero-order valence-electron chi connectivity index (χ0n) is 26.0. The number of para-hydroxylation sites is 1. The highest BCUT2D eigenvalue weighted by Gasteiger charge is 2.53. The average Bonchev–Trinajstić information content (AvgIpc) is 3.64. The third-order valence-electron chi connectivity index (χ3n) is 8.83. The van der Waals surface area contributed by atoms with E-state index in [1.54, 1.807) is 28.8 Å². The van der Waals surface area contributed by atoms with E-state index in [9.17, 15) is 27.6 Å². The van der Waals surface area contributed by atoms with Crippen LogP contribution in [-0.4, -0.2) is 67.7 Å². The maximum Gasteiger partial charge on any atom is 0.433 e. The molecule has 0 saturated carbocycles. The largest absolute Gasteiger partial charge is 0.433 e. The van der Waals surface area contributed by atoms with E-state index in [0.29, 0.717) is 42.3 Å². The van der Waals surface area contributed by atoms with Crippen molar-refractivity contribution in [3.8, 4) is 0 Å². The van der Waals surface area contributed by atoms with E-state index in [1.807, 2.05) is 31.2 Å². The smallest absolute Gasteiger partial charge is 0.370 e. The molecule has 48 heavy (non-hydrogen) atoms. The minimum atomic E-state index is -4.54. The lowest BCUT2D eigenvalue weighted by atomic mass is 9.86. The monoisotopic (exact) mass is 697 g/mol. The first-order valence-corrected chi connectivity index (χ1v) is 17.3. The number of amides is 2. The number of carbonyl (C=O) groups is 3. The topological polar surface area (TPSA) is 157 Å². The Labute approximate surface area is 282 Å². The second-order valence-corrected chi connectivity index (χ2v) is 14.8. The van der Waals surface area contributed by atoms with E-state index in [2.05, 4.69) is 20.3 Å². The number of nitrogens with zero attached hydrogens (tertiary/aromatic N) is 4. The van der Waals surface area contributed by atoms with Crippen LogP contribution in [0.4, 0.5) is 13.2 Å². The van der Waals surface area contributed by atoms with Crippen molar-refractivity contribution in [2.75, 3.05) is 12.3 Å². The molecule has 4 atom stereocenters. The Morgan fingerprint density at radius 3 is 2.67 bits per heavy atom. The average molecular weight is 698 g/mol. The number of thioether (sulfide) groups is 1. The van der Waals surface area contributed by atoms with Gasteiger partial charge in [-0.2, -0.15) is 13.2 Å². The van der Waals surface area contributed by atoms with Gasteiger partial charge in [-0.25, -0.2) is 9.97 Å². The van der Waals surface area contributed by atoms with E-state index in [4.69, 9.17) is 11.5 Å². The highest BCUT2D eigenvalue weighted by atomic mass is 32.2. The Bertz CT molecular complexity index is 1880. The van der Waals surface area contributed by atoms with Crippen molar-refractivity contribution in [3.05, 3.63) is 70.9 Å². The summed E-state index contributed by atoms with van der Waals surface area (Å²) in [5.74, 6) is -1.02. The Balaban J connectivity index is 1.19. The maximum atomic E-state index is 14.0. The molecule has 2 fully saturated rings. The Hall–Kier alpha value is -4.24. The number of halogens is 3. The van der Waals surface area contributed by atoms with E-state index in [0.717, 1.165) is 16.3 Å². The Morgan fingerprint density at radius 2 is 1.92 bits per heavy atom. The number of rotatable bonds is 10. The molecule has 2 aliphatic rings. The zero-order valence-corrected chi connectivity index (χ0v) is 27.6. The first kappa shape index (κ1) is 33.7. The van der Waals surface area contributed by atoms with Crippen molar-refractivity contribution in [1.82, 2.24) is 20.2 Å². The molecule has 0 spiro atoms. The van der Waals surface area contributed by atoms with Crippen LogP contribution in [0.2, 0.25) is 0 Å². The molecule has 6 rings (SSSR count). The number of thiazole rings is 1. The van der Waals surface area contributed by atoms with Gasteiger partial charge in [0, 0.05) is 23.6 Å². The van der Waals surface area contributed by atoms with Gasteiger partial charge in [0.25, 0.3) is 0 Å². The van der Waals surface area contributed by atoms with Crippen molar-refractivity contribution in [2.45, 2.75) is 62.2 Å². The fourth-order valence-electron chi connectivity index (χ4n) is 6.37. The number of Topliss-reactive ketones (excluding diaryl/α,β-unsaturated/α-hetero) is 1. The number of ketones is 1. The molecule has 5 N–H and O–H groups in total. The lowest BCUT2D eigenvalue weighted by molar-refractivity contribution is -0.149. The Kier molecular flexibility index (Phi) is 9.35. The fraction of sp³-hybridized carbons (Fsp3) is 0.394. The van der Waals surface area contributed by atoms with Crippen molar-refractivity contribution in [2.24, 2.45) is 22.4 Å². The van der Waals surface area contributed by atoms with Crippen LogP contribution in [0, 0.1) is 5.92 Å². The van der Waals surface area contributed by atoms with Gasteiger partial charge in [0.05, 0.1) is 26.6 Å². The van der Waals surface area contributed by atoms with Crippen molar-refractivity contribution in [1.29, 1.82) is 0 Å². The summed E-state index contributed by atoms with van der Waals surface area (Å²) in [6.07, 6.45) is -2.22. The summed E-state index contributed by atoms with van der Waals surface area (Å²) in [7, 11) is 0. The number of nitrogens with one attached hydrogen (secondary N) is 1. The number of carbonyl (C=O) groups excluding carboxylic acids is 3. The summed E-state index contributed by atoms with van der Waals surface area (Å²) >= 11 is 2.80. The number of aliphatic imine (C=N–C) groups is 1.